The molecule has 2 aromatic carbocycles. The van der Waals surface area contributed by atoms with Gasteiger partial charge in [0.25, 0.3) is 0 Å². The normalized spacial score (nSPS) is 14.1. The summed E-state index contributed by atoms with van der Waals surface area (Å²) in [5.74, 6) is 0.579. The van der Waals surface area contributed by atoms with E-state index in [4.69, 9.17) is 23.2 Å². The van der Waals surface area contributed by atoms with Gasteiger partial charge in [-0.15, -0.1) is 10.2 Å². The third-order valence-electron chi connectivity index (χ3n) is 5.22. The van der Waals surface area contributed by atoms with E-state index in [2.05, 4.69) is 20.5 Å². The summed E-state index contributed by atoms with van der Waals surface area (Å²) in [6.45, 7) is 0. The van der Waals surface area contributed by atoms with Gasteiger partial charge >= 0.3 is 0 Å². The SMILES string of the molecule is O=C(NC1CC1)C(Sc1nnc(-c2ccncc2)n1-c1ccc(Cl)c(Cl)c1)c1ccccc1. The molecule has 166 valence electrons. The lowest BCUT2D eigenvalue weighted by Crippen LogP contribution is -2.29. The molecule has 2 aromatic heterocycles. The van der Waals surface area contributed by atoms with Gasteiger partial charge in [-0.25, -0.2) is 0 Å². The molecule has 1 aliphatic carbocycles. The van der Waals surface area contributed by atoms with Crippen LogP contribution in [0.2, 0.25) is 10.0 Å². The molecule has 0 aliphatic heterocycles. The number of pyridine rings is 1. The molecular weight excluding hydrogens is 477 g/mol. The summed E-state index contributed by atoms with van der Waals surface area (Å²) < 4.78 is 1.89. The number of halogens is 2. The lowest BCUT2D eigenvalue weighted by Gasteiger charge is -2.18. The molecule has 4 aromatic rings. The number of benzene rings is 2. The first-order chi connectivity index (χ1) is 16.1. The fourth-order valence-corrected chi connectivity index (χ4v) is 4.76. The Kier molecular flexibility index (Phi) is 6.35. The van der Waals surface area contributed by atoms with Crippen LogP contribution in [0, 0.1) is 0 Å². The fourth-order valence-electron chi connectivity index (χ4n) is 3.40. The van der Waals surface area contributed by atoms with Crippen LogP contribution in [-0.4, -0.2) is 31.7 Å². The lowest BCUT2D eigenvalue weighted by molar-refractivity contribution is -0.120. The van der Waals surface area contributed by atoms with Crippen molar-refractivity contribution in [3.8, 4) is 17.1 Å². The zero-order valence-corrected chi connectivity index (χ0v) is 19.7. The second kappa shape index (κ2) is 9.55. The predicted molar refractivity (Wildman–Crippen MR) is 131 cm³/mol. The number of carbonyl (C=O) groups is 1. The quantitative estimate of drug-likeness (QED) is 0.330. The first-order valence-electron chi connectivity index (χ1n) is 10.4. The largest absolute Gasteiger partial charge is 0.352 e. The summed E-state index contributed by atoms with van der Waals surface area (Å²) in [6.07, 6.45) is 5.44. The van der Waals surface area contributed by atoms with E-state index >= 15 is 0 Å². The molecule has 33 heavy (non-hydrogen) atoms. The lowest BCUT2D eigenvalue weighted by atomic mass is 10.1. The zero-order chi connectivity index (χ0) is 22.8. The summed E-state index contributed by atoms with van der Waals surface area (Å²) in [4.78, 5) is 17.3. The van der Waals surface area contributed by atoms with Gasteiger partial charge in [-0.3, -0.25) is 14.3 Å². The Morgan fingerprint density at radius 3 is 2.45 bits per heavy atom. The zero-order valence-electron chi connectivity index (χ0n) is 17.4. The van der Waals surface area contributed by atoms with Crippen molar-refractivity contribution in [2.75, 3.05) is 0 Å². The fraction of sp³-hybridized carbons (Fsp3) is 0.167. The van der Waals surface area contributed by atoms with Gasteiger partial charge in [0.15, 0.2) is 11.0 Å². The van der Waals surface area contributed by atoms with E-state index < -0.39 is 5.25 Å². The van der Waals surface area contributed by atoms with E-state index in [-0.39, 0.29) is 11.9 Å². The van der Waals surface area contributed by atoms with Gasteiger partial charge in [0.2, 0.25) is 5.91 Å². The number of thioether (sulfide) groups is 1. The number of aromatic nitrogens is 4. The summed E-state index contributed by atoms with van der Waals surface area (Å²) in [5, 5.41) is 13.0. The van der Waals surface area contributed by atoms with Crippen LogP contribution in [0.4, 0.5) is 0 Å². The number of hydrogen-bond acceptors (Lipinski definition) is 5. The van der Waals surface area contributed by atoms with E-state index in [0.29, 0.717) is 21.0 Å². The molecule has 1 unspecified atom stereocenters. The van der Waals surface area contributed by atoms with Crippen molar-refractivity contribution < 1.29 is 4.79 Å². The smallest absolute Gasteiger partial charge is 0.238 e. The van der Waals surface area contributed by atoms with Crippen LogP contribution >= 0.6 is 35.0 Å². The number of nitrogens with one attached hydrogen (secondary N) is 1. The van der Waals surface area contributed by atoms with E-state index in [1.54, 1.807) is 24.5 Å². The predicted octanol–water partition coefficient (Wildman–Crippen LogP) is 5.75. The number of hydrogen-bond donors (Lipinski definition) is 1. The summed E-state index contributed by atoms with van der Waals surface area (Å²) in [5.41, 5.74) is 2.49. The van der Waals surface area contributed by atoms with Crippen molar-refractivity contribution in [2.45, 2.75) is 29.3 Å². The molecule has 0 saturated heterocycles. The molecule has 0 bridgehead atoms. The monoisotopic (exact) mass is 495 g/mol. The van der Waals surface area contributed by atoms with Gasteiger partial charge in [-0.2, -0.15) is 0 Å². The van der Waals surface area contributed by atoms with Crippen molar-refractivity contribution in [1.82, 2.24) is 25.1 Å². The molecule has 1 aliphatic rings. The maximum Gasteiger partial charge on any atom is 0.238 e. The Hall–Kier alpha value is -2.87. The standard InChI is InChI=1S/C24H19Cl2N5OS/c25-19-9-8-18(14-20(19)26)31-22(16-10-12-27-13-11-16)29-30-24(31)33-21(15-4-2-1-3-5-15)23(32)28-17-6-7-17/h1-5,8-14,17,21H,6-7H2,(H,28,32). The van der Waals surface area contributed by atoms with Gasteiger partial charge in [-0.1, -0.05) is 65.3 Å². The van der Waals surface area contributed by atoms with Crippen molar-refractivity contribution in [3.63, 3.8) is 0 Å². The maximum atomic E-state index is 13.2. The minimum atomic E-state index is -0.484. The number of rotatable bonds is 7. The second-order valence-corrected chi connectivity index (χ2v) is 9.55. The number of carbonyl (C=O) groups excluding carboxylic acids is 1. The van der Waals surface area contributed by atoms with Crippen molar-refractivity contribution in [2.24, 2.45) is 0 Å². The van der Waals surface area contributed by atoms with Crippen LogP contribution in [0.25, 0.3) is 17.1 Å². The average Bonchev–Trinajstić information content (AvgIpc) is 3.56. The van der Waals surface area contributed by atoms with Crippen LogP contribution in [0.15, 0.2) is 78.2 Å². The van der Waals surface area contributed by atoms with Crippen molar-refractivity contribution >= 4 is 40.9 Å². The molecule has 1 amide bonds. The molecule has 9 heteroatoms. The van der Waals surface area contributed by atoms with Crippen LogP contribution < -0.4 is 5.32 Å². The molecule has 1 atom stereocenters. The van der Waals surface area contributed by atoms with E-state index in [9.17, 15) is 4.79 Å². The Bertz CT molecular complexity index is 1280. The Balaban J connectivity index is 1.59. The topological polar surface area (TPSA) is 72.7 Å². The van der Waals surface area contributed by atoms with E-state index in [1.165, 1.54) is 11.8 Å². The molecular formula is C24H19Cl2N5OS. The van der Waals surface area contributed by atoms with Crippen molar-refractivity contribution in [1.29, 1.82) is 0 Å². The van der Waals surface area contributed by atoms with Crippen LogP contribution in [0.1, 0.15) is 23.7 Å². The Morgan fingerprint density at radius 2 is 1.76 bits per heavy atom. The highest BCUT2D eigenvalue weighted by Gasteiger charge is 2.31. The second-order valence-electron chi connectivity index (χ2n) is 7.67. The third kappa shape index (κ3) is 4.90. The van der Waals surface area contributed by atoms with Crippen LogP contribution in [-0.2, 0) is 4.79 Å². The Labute approximate surface area is 205 Å². The van der Waals surface area contributed by atoms with E-state index in [0.717, 1.165) is 29.7 Å². The van der Waals surface area contributed by atoms with Crippen LogP contribution in [0.5, 0.6) is 0 Å². The van der Waals surface area contributed by atoms with E-state index in [1.807, 2.05) is 53.1 Å². The molecule has 5 rings (SSSR count). The molecule has 1 fully saturated rings. The van der Waals surface area contributed by atoms with Gasteiger partial charge in [-0.05, 0) is 48.7 Å². The number of nitrogens with zero attached hydrogens (tertiary/aromatic N) is 4. The minimum absolute atomic E-state index is 0.0390. The Morgan fingerprint density at radius 1 is 1.00 bits per heavy atom. The highest BCUT2D eigenvalue weighted by molar-refractivity contribution is 8.00. The maximum absolute atomic E-state index is 13.2. The summed E-state index contributed by atoms with van der Waals surface area (Å²) >= 11 is 13.8. The molecule has 2 heterocycles. The summed E-state index contributed by atoms with van der Waals surface area (Å²) in [6, 6.07) is 19.0. The highest BCUT2D eigenvalue weighted by Crippen LogP contribution is 2.39. The molecule has 1 saturated carbocycles. The van der Waals surface area contributed by atoms with Crippen LogP contribution in [0.3, 0.4) is 0 Å². The minimum Gasteiger partial charge on any atom is -0.352 e. The van der Waals surface area contributed by atoms with Gasteiger partial charge in [0.05, 0.1) is 15.7 Å². The first-order valence-corrected chi connectivity index (χ1v) is 12.1. The van der Waals surface area contributed by atoms with Gasteiger partial charge in [0.1, 0.15) is 5.25 Å². The molecule has 0 spiro atoms. The highest BCUT2D eigenvalue weighted by atomic mass is 35.5. The summed E-state index contributed by atoms with van der Waals surface area (Å²) in [7, 11) is 0. The molecule has 0 radical (unpaired) electrons. The third-order valence-corrected chi connectivity index (χ3v) is 7.16. The number of amides is 1. The van der Waals surface area contributed by atoms with Gasteiger partial charge < -0.3 is 5.32 Å². The van der Waals surface area contributed by atoms with Gasteiger partial charge in [0, 0.05) is 24.0 Å². The average molecular weight is 496 g/mol. The molecule has 6 nitrogen and oxygen atoms in total. The van der Waals surface area contributed by atoms with Crippen molar-refractivity contribution in [3.05, 3.63) is 88.7 Å². The first kappa shape index (κ1) is 21.9. The molecule has 1 N–H and O–H groups in total.